The van der Waals surface area contributed by atoms with Crippen LogP contribution in [0.1, 0.15) is 53.9 Å². The van der Waals surface area contributed by atoms with Crippen molar-refractivity contribution < 1.29 is 0 Å². The van der Waals surface area contributed by atoms with Crippen LogP contribution in [0.2, 0.25) is 0 Å². The largest absolute Gasteiger partial charge is 0.316 e. The van der Waals surface area contributed by atoms with E-state index in [-0.39, 0.29) is 0 Å². The van der Waals surface area contributed by atoms with Crippen LogP contribution in [0.25, 0.3) is 0 Å². The molecular formula is C16H34N2. The highest BCUT2D eigenvalue weighted by Gasteiger charge is 2.30. The second-order valence-electron chi connectivity index (χ2n) is 7.38. The molecule has 0 bridgehead atoms. The maximum Gasteiger partial charge on any atom is 0.00480 e. The summed E-state index contributed by atoms with van der Waals surface area (Å²) in [5, 5.41) is 3.52. The molecule has 1 unspecified atom stereocenters. The van der Waals surface area contributed by atoms with Crippen molar-refractivity contribution in [2.75, 3.05) is 32.7 Å². The van der Waals surface area contributed by atoms with E-state index in [1.54, 1.807) is 0 Å². The summed E-state index contributed by atoms with van der Waals surface area (Å²) in [6, 6.07) is 0. The molecule has 18 heavy (non-hydrogen) atoms. The van der Waals surface area contributed by atoms with Crippen LogP contribution >= 0.6 is 0 Å². The van der Waals surface area contributed by atoms with Gasteiger partial charge < -0.3 is 10.2 Å². The van der Waals surface area contributed by atoms with Crippen LogP contribution < -0.4 is 5.32 Å². The zero-order valence-electron chi connectivity index (χ0n) is 13.3. The molecular weight excluding hydrogens is 220 g/mol. The van der Waals surface area contributed by atoms with Gasteiger partial charge in [-0.3, -0.25) is 0 Å². The molecule has 1 fully saturated rings. The Labute approximate surface area is 115 Å². The van der Waals surface area contributed by atoms with Crippen LogP contribution in [0.4, 0.5) is 0 Å². The van der Waals surface area contributed by atoms with Crippen molar-refractivity contribution in [3.05, 3.63) is 0 Å². The summed E-state index contributed by atoms with van der Waals surface area (Å²) in [7, 11) is 0. The SMILES string of the molecule is CC(C)CCN(CCC(C)C)CC1(C)CCNC1. The zero-order chi connectivity index (χ0) is 13.6. The monoisotopic (exact) mass is 254 g/mol. The van der Waals surface area contributed by atoms with E-state index in [0.29, 0.717) is 5.41 Å². The van der Waals surface area contributed by atoms with Gasteiger partial charge in [0.25, 0.3) is 0 Å². The Kier molecular flexibility index (Phi) is 6.65. The molecule has 0 radical (unpaired) electrons. The van der Waals surface area contributed by atoms with E-state index in [4.69, 9.17) is 0 Å². The minimum atomic E-state index is 0.508. The third-order valence-electron chi connectivity index (χ3n) is 4.11. The standard InChI is InChI=1S/C16H34N2/c1-14(2)6-10-18(11-7-15(3)4)13-16(5)8-9-17-12-16/h14-15,17H,6-13H2,1-5H3. The van der Waals surface area contributed by atoms with Crippen molar-refractivity contribution in [1.82, 2.24) is 10.2 Å². The van der Waals surface area contributed by atoms with Gasteiger partial charge in [-0.1, -0.05) is 34.6 Å². The van der Waals surface area contributed by atoms with Crippen molar-refractivity contribution in [3.8, 4) is 0 Å². The van der Waals surface area contributed by atoms with Crippen molar-refractivity contribution in [1.29, 1.82) is 0 Å². The quantitative estimate of drug-likeness (QED) is 0.714. The van der Waals surface area contributed by atoms with Gasteiger partial charge in [-0.05, 0) is 56.1 Å². The average molecular weight is 254 g/mol. The molecule has 1 N–H and O–H groups in total. The van der Waals surface area contributed by atoms with Gasteiger partial charge in [0.1, 0.15) is 0 Å². The van der Waals surface area contributed by atoms with Gasteiger partial charge in [-0.2, -0.15) is 0 Å². The molecule has 2 heteroatoms. The number of rotatable bonds is 8. The smallest absolute Gasteiger partial charge is 0.00480 e. The lowest BCUT2D eigenvalue weighted by Crippen LogP contribution is -2.39. The Bertz CT molecular complexity index is 205. The van der Waals surface area contributed by atoms with Crippen molar-refractivity contribution >= 4 is 0 Å². The fourth-order valence-corrected chi connectivity index (χ4v) is 2.69. The van der Waals surface area contributed by atoms with Gasteiger partial charge in [-0.25, -0.2) is 0 Å². The summed E-state index contributed by atoms with van der Waals surface area (Å²) in [6.07, 6.45) is 4.01. The van der Waals surface area contributed by atoms with Crippen LogP contribution in [-0.4, -0.2) is 37.6 Å². The number of hydrogen-bond acceptors (Lipinski definition) is 2. The molecule has 1 rings (SSSR count). The van der Waals surface area contributed by atoms with Gasteiger partial charge in [0.05, 0.1) is 0 Å². The van der Waals surface area contributed by atoms with Crippen LogP contribution in [0.15, 0.2) is 0 Å². The summed E-state index contributed by atoms with van der Waals surface area (Å²) in [6.45, 7) is 18.0. The van der Waals surface area contributed by atoms with Crippen LogP contribution in [-0.2, 0) is 0 Å². The second-order valence-corrected chi connectivity index (χ2v) is 7.38. The molecule has 1 atom stereocenters. The maximum atomic E-state index is 3.52. The zero-order valence-corrected chi connectivity index (χ0v) is 13.3. The average Bonchev–Trinajstić information content (AvgIpc) is 2.69. The Hall–Kier alpha value is -0.0800. The summed E-state index contributed by atoms with van der Waals surface area (Å²) >= 11 is 0. The lowest BCUT2D eigenvalue weighted by Gasteiger charge is -2.33. The van der Waals surface area contributed by atoms with Crippen LogP contribution in [0, 0.1) is 17.3 Å². The summed E-state index contributed by atoms with van der Waals surface area (Å²) < 4.78 is 0. The first-order valence-electron chi connectivity index (χ1n) is 7.84. The third-order valence-corrected chi connectivity index (χ3v) is 4.11. The molecule has 0 aliphatic carbocycles. The van der Waals surface area contributed by atoms with E-state index in [1.807, 2.05) is 0 Å². The Morgan fingerprint density at radius 1 is 1.06 bits per heavy atom. The van der Waals surface area contributed by atoms with Crippen molar-refractivity contribution in [2.45, 2.75) is 53.9 Å². The minimum absolute atomic E-state index is 0.508. The van der Waals surface area contributed by atoms with E-state index < -0.39 is 0 Å². The molecule has 0 spiro atoms. The number of nitrogens with zero attached hydrogens (tertiary/aromatic N) is 1. The van der Waals surface area contributed by atoms with Crippen LogP contribution in [0.5, 0.6) is 0 Å². The molecule has 2 nitrogen and oxygen atoms in total. The molecule has 1 saturated heterocycles. The van der Waals surface area contributed by atoms with Gasteiger partial charge >= 0.3 is 0 Å². The maximum absolute atomic E-state index is 3.52. The van der Waals surface area contributed by atoms with Gasteiger partial charge in [0.15, 0.2) is 0 Å². The Morgan fingerprint density at radius 3 is 2.00 bits per heavy atom. The lowest BCUT2D eigenvalue weighted by atomic mass is 9.89. The molecule has 0 aromatic rings. The Morgan fingerprint density at radius 2 is 1.61 bits per heavy atom. The lowest BCUT2D eigenvalue weighted by molar-refractivity contribution is 0.163. The fourth-order valence-electron chi connectivity index (χ4n) is 2.69. The molecule has 0 amide bonds. The first kappa shape index (κ1) is 16.0. The normalized spacial score (nSPS) is 24.7. The predicted octanol–water partition coefficient (Wildman–Crippen LogP) is 3.38. The van der Waals surface area contributed by atoms with E-state index >= 15 is 0 Å². The minimum Gasteiger partial charge on any atom is -0.316 e. The highest BCUT2D eigenvalue weighted by atomic mass is 15.1. The molecule has 0 saturated carbocycles. The first-order chi connectivity index (χ1) is 8.41. The highest BCUT2D eigenvalue weighted by molar-refractivity contribution is 4.86. The van der Waals surface area contributed by atoms with Crippen molar-refractivity contribution in [3.63, 3.8) is 0 Å². The molecule has 1 aliphatic heterocycles. The predicted molar refractivity (Wildman–Crippen MR) is 80.9 cm³/mol. The van der Waals surface area contributed by atoms with E-state index in [2.05, 4.69) is 44.8 Å². The first-order valence-corrected chi connectivity index (χ1v) is 7.84. The Balaban J connectivity index is 2.42. The summed E-state index contributed by atoms with van der Waals surface area (Å²) in [5.41, 5.74) is 0.508. The van der Waals surface area contributed by atoms with E-state index in [1.165, 1.54) is 52.0 Å². The van der Waals surface area contributed by atoms with Gasteiger partial charge in [-0.15, -0.1) is 0 Å². The number of hydrogen-bond donors (Lipinski definition) is 1. The summed E-state index contributed by atoms with van der Waals surface area (Å²) in [4.78, 5) is 2.72. The van der Waals surface area contributed by atoms with Gasteiger partial charge in [0.2, 0.25) is 0 Å². The molecule has 0 aromatic heterocycles. The van der Waals surface area contributed by atoms with Crippen molar-refractivity contribution in [2.24, 2.45) is 17.3 Å². The summed E-state index contributed by atoms with van der Waals surface area (Å²) in [5.74, 6) is 1.64. The fraction of sp³-hybridized carbons (Fsp3) is 1.00. The third kappa shape index (κ3) is 6.19. The van der Waals surface area contributed by atoms with Crippen LogP contribution in [0.3, 0.4) is 0 Å². The molecule has 0 aromatic carbocycles. The molecule has 1 heterocycles. The van der Waals surface area contributed by atoms with Gasteiger partial charge in [0, 0.05) is 13.1 Å². The highest BCUT2D eigenvalue weighted by Crippen LogP contribution is 2.26. The topological polar surface area (TPSA) is 15.3 Å². The van der Waals surface area contributed by atoms with E-state index in [9.17, 15) is 0 Å². The number of nitrogens with one attached hydrogen (secondary N) is 1. The second kappa shape index (κ2) is 7.49. The molecule has 108 valence electrons. The van der Waals surface area contributed by atoms with E-state index in [0.717, 1.165) is 11.8 Å². The molecule has 1 aliphatic rings.